The Balaban J connectivity index is 2.94. The molecule has 2 radical (unpaired) electrons. The van der Waals surface area contributed by atoms with Crippen LogP contribution in [0.25, 0.3) is 0 Å². The Labute approximate surface area is 93.6 Å². The van der Waals surface area contributed by atoms with Crippen LogP contribution in [0.2, 0.25) is 0 Å². The van der Waals surface area contributed by atoms with Gasteiger partial charge in [0.2, 0.25) is 0 Å². The van der Waals surface area contributed by atoms with Gasteiger partial charge in [-0.1, -0.05) is 20.8 Å². The summed E-state index contributed by atoms with van der Waals surface area (Å²) in [4.78, 5) is 0. The molecule has 0 aliphatic carbocycles. The lowest BCUT2D eigenvalue weighted by Gasteiger charge is -2.41. The zero-order chi connectivity index (χ0) is 11.1. The lowest BCUT2D eigenvalue weighted by molar-refractivity contribution is -0.0742. The summed E-state index contributed by atoms with van der Waals surface area (Å²) < 4.78 is 11.1. The minimum atomic E-state index is -0.383. The van der Waals surface area contributed by atoms with Gasteiger partial charge in [-0.15, -0.1) is 0 Å². The Hall–Kier alpha value is 0.335. The van der Waals surface area contributed by atoms with Gasteiger partial charge in [-0.2, -0.15) is 12.6 Å². The number of ether oxygens (including phenoxy) is 2. The van der Waals surface area contributed by atoms with Crippen LogP contribution in [0, 0.1) is 5.41 Å². The smallest absolute Gasteiger partial charge is 0.112 e. The first-order valence-electron chi connectivity index (χ1n) is 4.88. The first kappa shape index (κ1) is 12.4. The van der Waals surface area contributed by atoms with Crippen molar-refractivity contribution in [3.05, 3.63) is 0 Å². The van der Waals surface area contributed by atoms with E-state index < -0.39 is 0 Å². The van der Waals surface area contributed by atoms with E-state index in [1.807, 2.05) is 6.92 Å². The van der Waals surface area contributed by atoms with Crippen LogP contribution in [0.3, 0.4) is 0 Å². The molecular formula is C10H19BO2S. The third-order valence-corrected chi connectivity index (χ3v) is 4.13. The van der Waals surface area contributed by atoms with E-state index in [0.717, 1.165) is 0 Å². The molecule has 2 nitrogen and oxygen atoms in total. The highest BCUT2D eigenvalue weighted by Gasteiger charge is 2.54. The van der Waals surface area contributed by atoms with Crippen molar-refractivity contribution in [2.24, 2.45) is 5.41 Å². The van der Waals surface area contributed by atoms with Crippen LogP contribution in [0.5, 0.6) is 0 Å². The van der Waals surface area contributed by atoms with Gasteiger partial charge in [0.15, 0.2) is 0 Å². The molecule has 4 heteroatoms. The Morgan fingerprint density at radius 2 is 1.93 bits per heavy atom. The highest BCUT2D eigenvalue weighted by Crippen LogP contribution is 2.46. The SMILES string of the molecule is [B]C1OC(C)(C(C)(C)C)C(S)C1OC. The molecule has 0 aromatic carbocycles. The van der Waals surface area contributed by atoms with E-state index in [1.165, 1.54) is 0 Å². The fourth-order valence-electron chi connectivity index (χ4n) is 1.80. The van der Waals surface area contributed by atoms with Crippen molar-refractivity contribution in [2.75, 3.05) is 7.11 Å². The molecular weight excluding hydrogens is 195 g/mol. The van der Waals surface area contributed by atoms with E-state index >= 15 is 0 Å². The van der Waals surface area contributed by atoms with Crippen LogP contribution in [0.4, 0.5) is 0 Å². The van der Waals surface area contributed by atoms with E-state index in [-0.39, 0.29) is 28.4 Å². The zero-order valence-electron chi connectivity index (χ0n) is 9.57. The quantitative estimate of drug-likeness (QED) is 0.528. The number of rotatable bonds is 1. The summed E-state index contributed by atoms with van der Waals surface area (Å²) in [5, 5.41) is 0.00231. The molecule has 0 bridgehead atoms. The van der Waals surface area contributed by atoms with E-state index in [1.54, 1.807) is 7.11 Å². The van der Waals surface area contributed by atoms with Crippen LogP contribution in [0.1, 0.15) is 27.7 Å². The first-order chi connectivity index (χ1) is 6.24. The van der Waals surface area contributed by atoms with Gasteiger partial charge in [-0.3, -0.25) is 0 Å². The molecule has 0 aromatic heterocycles. The maximum Gasteiger partial charge on any atom is 0.112 e. The predicted molar refractivity (Wildman–Crippen MR) is 62.1 cm³/mol. The van der Waals surface area contributed by atoms with Gasteiger partial charge in [0.25, 0.3) is 0 Å². The molecule has 0 amide bonds. The predicted octanol–water partition coefficient (Wildman–Crippen LogP) is 1.63. The van der Waals surface area contributed by atoms with Gasteiger partial charge >= 0.3 is 0 Å². The van der Waals surface area contributed by atoms with Gasteiger partial charge in [-0.25, -0.2) is 0 Å². The number of thiol groups is 1. The van der Waals surface area contributed by atoms with Gasteiger partial charge in [0.1, 0.15) is 7.85 Å². The molecule has 4 atom stereocenters. The normalized spacial score (nSPS) is 44.3. The molecule has 0 saturated carbocycles. The van der Waals surface area contributed by atoms with Crippen molar-refractivity contribution in [3.8, 4) is 0 Å². The molecule has 1 aliphatic heterocycles. The van der Waals surface area contributed by atoms with E-state index in [2.05, 4.69) is 33.4 Å². The van der Waals surface area contributed by atoms with Crippen molar-refractivity contribution in [3.63, 3.8) is 0 Å². The van der Waals surface area contributed by atoms with Crippen molar-refractivity contribution in [2.45, 2.75) is 50.7 Å². The highest BCUT2D eigenvalue weighted by molar-refractivity contribution is 7.81. The van der Waals surface area contributed by atoms with E-state index in [9.17, 15) is 0 Å². The Kier molecular flexibility index (Phi) is 3.30. The third kappa shape index (κ3) is 1.72. The molecule has 14 heavy (non-hydrogen) atoms. The summed E-state index contributed by atoms with van der Waals surface area (Å²) >= 11 is 4.57. The summed E-state index contributed by atoms with van der Waals surface area (Å²) in [6, 6.07) is -0.383. The number of hydrogen-bond donors (Lipinski definition) is 1. The lowest BCUT2D eigenvalue weighted by atomic mass is 9.75. The van der Waals surface area contributed by atoms with Crippen molar-refractivity contribution in [1.82, 2.24) is 0 Å². The minimum absolute atomic E-state index is 0.00231. The van der Waals surface area contributed by atoms with Crippen LogP contribution < -0.4 is 0 Å². The molecule has 0 N–H and O–H groups in total. The van der Waals surface area contributed by atoms with Crippen molar-refractivity contribution < 1.29 is 9.47 Å². The minimum Gasteiger partial charge on any atom is -0.378 e. The lowest BCUT2D eigenvalue weighted by Crippen LogP contribution is -2.47. The first-order valence-corrected chi connectivity index (χ1v) is 5.40. The molecule has 1 heterocycles. The van der Waals surface area contributed by atoms with Gasteiger partial charge < -0.3 is 9.47 Å². The van der Waals surface area contributed by atoms with Crippen LogP contribution in [-0.4, -0.2) is 37.9 Å². The van der Waals surface area contributed by atoms with Gasteiger partial charge in [0, 0.05) is 13.1 Å². The largest absolute Gasteiger partial charge is 0.378 e. The van der Waals surface area contributed by atoms with Gasteiger partial charge in [0.05, 0.1) is 17.0 Å². The highest BCUT2D eigenvalue weighted by atomic mass is 32.1. The molecule has 1 aliphatic rings. The Morgan fingerprint density at radius 3 is 2.14 bits per heavy atom. The van der Waals surface area contributed by atoms with Crippen molar-refractivity contribution in [1.29, 1.82) is 0 Å². The average Bonchev–Trinajstić information content (AvgIpc) is 2.23. The maximum absolute atomic E-state index is 5.86. The molecule has 0 spiro atoms. The Bertz CT molecular complexity index is 217. The standard InChI is InChI=1S/C10H19BO2S/c1-9(2,3)10(4)7(14)6(12-5)8(11)13-10/h6-8,14H,1-5H3. The topological polar surface area (TPSA) is 18.5 Å². The molecule has 80 valence electrons. The molecule has 4 unspecified atom stereocenters. The summed E-state index contributed by atoms with van der Waals surface area (Å²) in [6.07, 6.45) is -0.137. The fraction of sp³-hybridized carbons (Fsp3) is 1.00. The number of methoxy groups -OCH3 is 1. The second kappa shape index (κ2) is 3.73. The average molecular weight is 214 g/mol. The Morgan fingerprint density at radius 1 is 1.43 bits per heavy atom. The fourth-order valence-corrected chi connectivity index (χ4v) is 2.54. The van der Waals surface area contributed by atoms with E-state index in [0.29, 0.717) is 0 Å². The van der Waals surface area contributed by atoms with Crippen LogP contribution in [0.15, 0.2) is 0 Å². The second-order valence-electron chi connectivity index (χ2n) is 5.08. The monoisotopic (exact) mass is 214 g/mol. The van der Waals surface area contributed by atoms with Gasteiger partial charge in [-0.05, 0) is 12.3 Å². The second-order valence-corrected chi connectivity index (χ2v) is 5.64. The molecule has 1 fully saturated rings. The number of hydrogen-bond acceptors (Lipinski definition) is 3. The maximum atomic E-state index is 5.86. The zero-order valence-corrected chi connectivity index (χ0v) is 10.5. The summed E-state index contributed by atoms with van der Waals surface area (Å²) in [7, 11) is 7.50. The van der Waals surface area contributed by atoms with Crippen LogP contribution >= 0.6 is 12.6 Å². The molecule has 1 rings (SSSR count). The molecule has 1 saturated heterocycles. The summed E-state index contributed by atoms with van der Waals surface area (Å²) in [5.41, 5.74) is -0.361. The third-order valence-electron chi connectivity index (χ3n) is 3.34. The van der Waals surface area contributed by atoms with Crippen molar-refractivity contribution >= 4 is 20.5 Å². The molecule has 0 aromatic rings. The summed E-state index contributed by atoms with van der Waals surface area (Å²) in [6.45, 7) is 8.42. The van der Waals surface area contributed by atoms with Crippen LogP contribution in [-0.2, 0) is 9.47 Å². The summed E-state index contributed by atoms with van der Waals surface area (Å²) in [5.74, 6) is 0. The van der Waals surface area contributed by atoms with E-state index in [4.69, 9.17) is 17.3 Å².